The van der Waals surface area contributed by atoms with Crippen molar-refractivity contribution in [3.8, 4) is 0 Å². The molecule has 1 heterocycles. The van der Waals surface area contributed by atoms with E-state index in [0.717, 1.165) is 25.2 Å². The quantitative estimate of drug-likeness (QED) is 0.766. The third-order valence-corrected chi connectivity index (χ3v) is 2.90. The molecule has 15 heavy (non-hydrogen) atoms. The van der Waals surface area contributed by atoms with Gasteiger partial charge in [0, 0.05) is 24.8 Å². The third kappa shape index (κ3) is 2.69. The first-order chi connectivity index (χ1) is 7.25. The average Bonchev–Trinajstić information content (AvgIpc) is 2.44. The van der Waals surface area contributed by atoms with Crippen LogP contribution in [0.3, 0.4) is 0 Å². The molecule has 0 amide bonds. The van der Waals surface area contributed by atoms with Crippen molar-refractivity contribution in [2.24, 2.45) is 5.73 Å². The Labute approximate surface area is 89.9 Å². The zero-order valence-corrected chi connectivity index (χ0v) is 8.82. The Balaban J connectivity index is 2.11. The maximum Gasteiger partial charge on any atom is 0.123 e. The maximum absolute atomic E-state index is 12.8. The molecule has 2 nitrogen and oxygen atoms in total. The molecule has 0 saturated carbocycles. The Kier molecular flexibility index (Phi) is 3.21. The number of halogens is 1. The van der Waals surface area contributed by atoms with E-state index in [1.807, 2.05) is 12.1 Å². The number of nitrogens with two attached hydrogens (primary N) is 1. The van der Waals surface area contributed by atoms with Crippen molar-refractivity contribution < 1.29 is 4.39 Å². The van der Waals surface area contributed by atoms with E-state index in [9.17, 15) is 4.39 Å². The second-order valence-electron chi connectivity index (χ2n) is 4.18. The molecule has 1 aromatic carbocycles. The fourth-order valence-electron chi connectivity index (χ4n) is 2.06. The molecule has 1 atom stereocenters. The molecule has 1 fully saturated rings. The van der Waals surface area contributed by atoms with Gasteiger partial charge in [0.05, 0.1) is 0 Å². The Bertz CT molecular complexity index is 310. The highest BCUT2D eigenvalue weighted by molar-refractivity contribution is 5.46. The fraction of sp³-hybridized carbons (Fsp3) is 0.500. The first-order valence-electron chi connectivity index (χ1n) is 5.52. The van der Waals surface area contributed by atoms with Gasteiger partial charge in [0.25, 0.3) is 0 Å². The number of rotatable bonds is 1. The van der Waals surface area contributed by atoms with Crippen molar-refractivity contribution in [3.05, 3.63) is 30.1 Å². The van der Waals surface area contributed by atoms with Crippen molar-refractivity contribution >= 4 is 5.69 Å². The Hall–Kier alpha value is -1.09. The minimum atomic E-state index is -0.183. The van der Waals surface area contributed by atoms with E-state index in [2.05, 4.69) is 4.90 Å². The second-order valence-corrected chi connectivity index (χ2v) is 4.18. The molecule has 0 aliphatic carbocycles. The molecule has 0 aromatic heterocycles. The summed E-state index contributed by atoms with van der Waals surface area (Å²) < 4.78 is 12.8. The van der Waals surface area contributed by atoms with Gasteiger partial charge in [-0.2, -0.15) is 0 Å². The summed E-state index contributed by atoms with van der Waals surface area (Å²) in [6.45, 7) is 1.91. The molecule has 2 N–H and O–H groups in total. The molecule has 82 valence electrons. The molecule has 1 aliphatic heterocycles. The average molecular weight is 208 g/mol. The Morgan fingerprint density at radius 3 is 2.67 bits per heavy atom. The van der Waals surface area contributed by atoms with Crippen molar-refractivity contribution in [2.75, 3.05) is 18.0 Å². The van der Waals surface area contributed by atoms with E-state index in [1.54, 1.807) is 0 Å². The zero-order valence-electron chi connectivity index (χ0n) is 8.82. The zero-order chi connectivity index (χ0) is 10.7. The maximum atomic E-state index is 12.8. The van der Waals surface area contributed by atoms with Gasteiger partial charge in [0.15, 0.2) is 0 Å². The molecular weight excluding hydrogens is 191 g/mol. The van der Waals surface area contributed by atoms with Crippen LogP contribution in [0.2, 0.25) is 0 Å². The minimum Gasteiger partial charge on any atom is -0.370 e. The lowest BCUT2D eigenvalue weighted by molar-refractivity contribution is 0.619. The van der Waals surface area contributed by atoms with E-state index in [0.29, 0.717) is 0 Å². The van der Waals surface area contributed by atoms with Gasteiger partial charge in [-0.25, -0.2) is 4.39 Å². The summed E-state index contributed by atoms with van der Waals surface area (Å²) in [7, 11) is 0. The van der Waals surface area contributed by atoms with Crippen LogP contribution in [0, 0.1) is 5.82 Å². The van der Waals surface area contributed by atoms with Gasteiger partial charge in [-0.05, 0) is 37.1 Å². The highest BCUT2D eigenvalue weighted by Crippen LogP contribution is 2.19. The molecule has 1 aliphatic rings. The standard InChI is InChI=1S/C12H17FN2/c13-10-4-6-12(7-5-10)15-8-2-1-3-11(14)9-15/h4-7,11H,1-3,8-9,14H2. The Morgan fingerprint density at radius 2 is 1.93 bits per heavy atom. The summed E-state index contributed by atoms with van der Waals surface area (Å²) in [5, 5.41) is 0. The third-order valence-electron chi connectivity index (χ3n) is 2.90. The molecule has 0 radical (unpaired) electrons. The predicted molar refractivity (Wildman–Crippen MR) is 60.4 cm³/mol. The number of nitrogens with zero attached hydrogens (tertiary/aromatic N) is 1. The van der Waals surface area contributed by atoms with Crippen molar-refractivity contribution in [1.82, 2.24) is 0 Å². The van der Waals surface area contributed by atoms with Crippen LogP contribution in [0.4, 0.5) is 10.1 Å². The molecular formula is C12H17FN2. The summed E-state index contributed by atoms with van der Waals surface area (Å²) in [5.74, 6) is -0.183. The topological polar surface area (TPSA) is 29.3 Å². The lowest BCUT2D eigenvalue weighted by Gasteiger charge is -2.24. The van der Waals surface area contributed by atoms with Crippen LogP contribution in [-0.2, 0) is 0 Å². The summed E-state index contributed by atoms with van der Waals surface area (Å²) in [5.41, 5.74) is 7.05. The number of hydrogen-bond donors (Lipinski definition) is 1. The second kappa shape index (κ2) is 4.62. The van der Waals surface area contributed by atoms with Gasteiger partial charge in [-0.1, -0.05) is 6.42 Å². The van der Waals surface area contributed by atoms with Gasteiger partial charge in [0.1, 0.15) is 5.82 Å². The molecule has 2 rings (SSSR count). The van der Waals surface area contributed by atoms with Gasteiger partial charge in [-0.15, -0.1) is 0 Å². The predicted octanol–water partition coefficient (Wildman–Crippen LogP) is 2.14. The van der Waals surface area contributed by atoms with Crippen molar-refractivity contribution in [1.29, 1.82) is 0 Å². The number of anilines is 1. The van der Waals surface area contributed by atoms with E-state index in [4.69, 9.17) is 5.73 Å². The molecule has 0 bridgehead atoms. The Morgan fingerprint density at radius 1 is 1.20 bits per heavy atom. The number of hydrogen-bond acceptors (Lipinski definition) is 2. The van der Waals surface area contributed by atoms with Crippen LogP contribution in [0.15, 0.2) is 24.3 Å². The van der Waals surface area contributed by atoms with Crippen LogP contribution in [-0.4, -0.2) is 19.1 Å². The van der Waals surface area contributed by atoms with E-state index < -0.39 is 0 Å². The van der Waals surface area contributed by atoms with Gasteiger partial charge >= 0.3 is 0 Å². The molecule has 1 aromatic rings. The van der Waals surface area contributed by atoms with Crippen LogP contribution < -0.4 is 10.6 Å². The lowest BCUT2D eigenvalue weighted by atomic mass is 10.1. The van der Waals surface area contributed by atoms with E-state index in [1.165, 1.54) is 25.0 Å². The summed E-state index contributed by atoms with van der Waals surface area (Å²) in [6.07, 6.45) is 3.46. The normalized spacial score (nSPS) is 22.5. The highest BCUT2D eigenvalue weighted by Gasteiger charge is 2.14. The van der Waals surface area contributed by atoms with Crippen LogP contribution >= 0.6 is 0 Å². The molecule has 1 unspecified atom stereocenters. The first-order valence-corrected chi connectivity index (χ1v) is 5.52. The minimum absolute atomic E-state index is 0.183. The smallest absolute Gasteiger partial charge is 0.123 e. The SMILES string of the molecule is NC1CCCCN(c2ccc(F)cc2)C1. The van der Waals surface area contributed by atoms with Crippen LogP contribution in [0.25, 0.3) is 0 Å². The molecule has 1 saturated heterocycles. The molecule has 0 spiro atoms. The molecule has 3 heteroatoms. The van der Waals surface area contributed by atoms with Crippen molar-refractivity contribution in [3.63, 3.8) is 0 Å². The summed E-state index contributed by atoms with van der Waals surface area (Å²) in [4.78, 5) is 2.25. The summed E-state index contributed by atoms with van der Waals surface area (Å²) in [6, 6.07) is 6.91. The van der Waals surface area contributed by atoms with Crippen molar-refractivity contribution in [2.45, 2.75) is 25.3 Å². The highest BCUT2D eigenvalue weighted by atomic mass is 19.1. The van der Waals surface area contributed by atoms with Crippen LogP contribution in [0.1, 0.15) is 19.3 Å². The largest absolute Gasteiger partial charge is 0.370 e. The van der Waals surface area contributed by atoms with E-state index in [-0.39, 0.29) is 11.9 Å². The monoisotopic (exact) mass is 208 g/mol. The van der Waals surface area contributed by atoms with Gasteiger partial charge in [-0.3, -0.25) is 0 Å². The number of benzene rings is 1. The lowest BCUT2D eigenvalue weighted by Crippen LogP contribution is -2.35. The van der Waals surface area contributed by atoms with E-state index >= 15 is 0 Å². The van der Waals surface area contributed by atoms with Gasteiger partial charge in [0.2, 0.25) is 0 Å². The summed E-state index contributed by atoms with van der Waals surface area (Å²) >= 11 is 0. The van der Waals surface area contributed by atoms with Gasteiger partial charge < -0.3 is 10.6 Å². The van der Waals surface area contributed by atoms with Crippen LogP contribution in [0.5, 0.6) is 0 Å². The fourth-order valence-corrected chi connectivity index (χ4v) is 2.06. The first kappa shape index (κ1) is 10.4.